The van der Waals surface area contributed by atoms with Crippen molar-refractivity contribution >= 4 is 11.7 Å². The number of anilines is 1. The van der Waals surface area contributed by atoms with Gasteiger partial charge in [0.25, 0.3) is 6.43 Å². The van der Waals surface area contributed by atoms with E-state index >= 15 is 0 Å². The van der Waals surface area contributed by atoms with Gasteiger partial charge in [-0.3, -0.25) is 0 Å². The third-order valence-corrected chi connectivity index (χ3v) is 1.99. The fourth-order valence-corrected chi connectivity index (χ4v) is 1.17. The van der Waals surface area contributed by atoms with Crippen molar-refractivity contribution in [1.82, 2.24) is 4.98 Å². The first-order valence-electron chi connectivity index (χ1n) is 4.37. The molecule has 0 aromatic carbocycles. The van der Waals surface area contributed by atoms with Gasteiger partial charge in [-0.05, 0) is 11.6 Å². The van der Waals surface area contributed by atoms with Gasteiger partial charge in [0.2, 0.25) is 0 Å². The van der Waals surface area contributed by atoms with Crippen LogP contribution in [0.15, 0.2) is 6.07 Å². The smallest absolute Gasteiger partial charge is 0.356 e. The molecular formula is C9H11F2N3O2. The summed E-state index contributed by atoms with van der Waals surface area (Å²) in [6.45, 7) is -0.0575. The van der Waals surface area contributed by atoms with Crippen LogP contribution >= 0.6 is 0 Å². The van der Waals surface area contributed by atoms with Gasteiger partial charge in [0.1, 0.15) is 11.4 Å². The molecule has 0 aliphatic carbocycles. The Bertz CT molecular complexity index is 410. The predicted molar refractivity (Wildman–Crippen MR) is 52.8 cm³/mol. The Morgan fingerprint density at radius 3 is 2.69 bits per heavy atom. The number of methoxy groups -OCH3 is 1. The number of carbonyl (C=O) groups is 1. The zero-order chi connectivity index (χ0) is 12.3. The summed E-state index contributed by atoms with van der Waals surface area (Å²) in [7, 11) is 1.13. The van der Waals surface area contributed by atoms with Gasteiger partial charge in [0.15, 0.2) is 0 Å². The summed E-state index contributed by atoms with van der Waals surface area (Å²) in [5, 5.41) is 0. The van der Waals surface area contributed by atoms with Crippen LogP contribution in [0.2, 0.25) is 0 Å². The minimum atomic E-state index is -2.87. The molecule has 1 heterocycles. The number of hydrogen-bond acceptors (Lipinski definition) is 5. The second-order valence-electron chi connectivity index (χ2n) is 2.96. The monoisotopic (exact) mass is 231 g/mol. The predicted octanol–water partition coefficient (Wildman–Crippen LogP) is 0.847. The molecule has 88 valence electrons. The van der Waals surface area contributed by atoms with E-state index in [1.165, 1.54) is 6.07 Å². The van der Waals surface area contributed by atoms with Gasteiger partial charge in [-0.25, -0.2) is 18.6 Å². The average Bonchev–Trinajstić information content (AvgIpc) is 2.27. The molecular weight excluding hydrogens is 220 g/mol. The molecule has 0 bridgehead atoms. The normalized spacial score (nSPS) is 10.6. The van der Waals surface area contributed by atoms with E-state index in [4.69, 9.17) is 11.5 Å². The number of nitrogen functional groups attached to an aromatic ring is 1. The zero-order valence-electron chi connectivity index (χ0n) is 8.54. The summed E-state index contributed by atoms with van der Waals surface area (Å²) in [6.07, 6.45) is -2.87. The Labute approximate surface area is 90.4 Å². The number of carbonyl (C=O) groups excluding carboxylic acids is 1. The lowest BCUT2D eigenvalue weighted by atomic mass is 10.1. The zero-order valence-corrected chi connectivity index (χ0v) is 8.54. The Morgan fingerprint density at radius 1 is 1.62 bits per heavy atom. The molecule has 0 saturated carbocycles. The molecule has 0 spiro atoms. The second kappa shape index (κ2) is 4.84. The van der Waals surface area contributed by atoms with Gasteiger partial charge in [-0.15, -0.1) is 0 Å². The molecule has 0 aliphatic heterocycles. The molecule has 0 atom stereocenters. The maximum absolute atomic E-state index is 12.6. The maximum atomic E-state index is 12.6. The Morgan fingerprint density at radius 2 is 2.25 bits per heavy atom. The lowest BCUT2D eigenvalue weighted by Crippen LogP contribution is -2.13. The minimum Gasteiger partial charge on any atom is -0.464 e. The summed E-state index contributed by atoms with van der Waals surface area (Å²) in [6, 6.07) is 1.24. The van der Waals surface area contributed by atoms with E-state index in [1.54, 1.807) is 0 Å². The molecule has 4 N–H and O–H groups in total. The van der Waals surface area contributed by atoms with Crippen LogP contribution in [0.5, 0.6) is 0 Å². The van der Waals surface area contributed by atoms with E-state index in [0.29, 0.717) is 0 Å². The number of ether oxygens (including phenoxy) is 1. The molecule has 0 radical (unpaired) electrons. The highest BCUT2D eigenvalue weighted by Gasteiger charge is 2.20. The number of rotatable bonds is 3. The average molecular weight is 231 g/mol. The summed E-state index contributed by atoms with van der Waals surface area (Å²) in [5.74, 6) is -0.809. The number of nitrogens with two attached hydrogens (primary N) is 2. The fourth-order valence-electron chi connectivity index (χ4n) is 1.17. The molecule has 0 amide bonds. The van der Waals surface area contributed by atoms with Crippen LogP contribution in [0.3, 0.4) is 0 Å². The molecule has 16 heavy (non-hydrogen) atoms. The van der Waals surface area contributed by atoms with Crippen molar-refractivity contribution in [3.05, 3.63) is 23.0 Å². The third kappa shape index (κ3) is 2.25. The third-order valence-electron chi connectivity index (χ3n) is 1.99. The standard InChI is InChI=1S/C9H11F2N3O2/c1-16-9(15)5-2-4(3-12)6(13)7(14-5)8(10)11/h2,8H,3,12-13H2,1H3. The first-order valence-corrected chi connectivity index (χ1v) is 4.37. The summed E-state index contributed by atoms with van der Waals surface area (Å²) < 4.78 is 29.5. The van der Waals surface area contributed by atoms with Crippen molar-refractivity contribution in [2.24, 2.45) is 5.73 Å². The number of hydrogen-bond donors (Lipinski definition) is 2. The largest absolute Gasteiger partial charge is 0.464 e. The van der Waals surface area contributed by atoms with Crippen LogP contribution in [-0.4, -0.2) is 18.1 Å². The first-order chi connectivity index (χ1) is 7.51. The first kappa shape index (κ1) is 12.3. The van der Waals surface area contributed by atoms with Crippen molar-refractivity contribution in [2.75, 3.05) is 12.8 Å². The highest BCUT2D eigenvalue weighted by Crippen LogP contribution is 2.26. The quantitative estimate of drug-likeness (QED) is 0.752. The molecule has 7 heteroatoms. The van der Waals surface area contributed by atoms with E-state index in [-0.39, 0.29) is 23.5 Å². The number of halogens is 2. The molecule has 0 fully saturated rings. The number of alkyl halides is 2. The molecule has 0 unspecified atom stereocenters. The molecule has 1 rings (SSSR count). The fraction of sp³-hybridized carbons (Fsp3) is 0.333. The van der Waals surface area contributed by atoms with Crippen LogP contribution in [0.1, 0.15) is 28.2 Å². The van der Waals surface area contributed by atoms with E-state index < -0.39 is 18.1 Å². The lowest BCUT2D eigenvalue weighted by molar-refractivity contribution is 0.0592. The van der Waals surface area contributed by atoms with E-state index in [1.807, 2.05) is 0 Å². The number of aromatic nitrogens is 1. The summed E-state index contributed by atoms with van der Waals surface area (Å²) in [4.78, 5) is 14.6. The highest BCUT2D eigenvalue weighted by molar-refractivity contribution is 5.88. The van der Waals surface area contributed by atoms with Gasteiger partial charge in [-0.1, -0.05) is 0 Å². The van der Waals surface area contributed by atoms with Crippen LogP contribution in [-0.2, 0) is 11.3 Å². The number of nitrogens with zero attached hydrogens (tertiary/aromatic N) is 1. The SMILES string of the molecule is COC(=O)c1cc(CN)c(N)c(C(F)F)n1. The highest BCUT2D eigenvalue weighted by atomic mass is 19.3. The molecule has 1 aromatic heterocycles. The van der Waals surface area contributed by atoms with Gasteiger partial charge in [0, 0.05) is 6.54 Å². The van der Waals surface area contributed by atoms with Gasteiger partial charge >= 0.3 is 5.97 Å². The number of esters is 1. The molecule has 0 saturated heterocycles. The number of pyridine rings is 1. The summed E-state index contributed by atoms with van der Waals surface area (Å²) in [5.41, 5.74) is 9.93. The van der Waals surface area contributed by atoms with E-state index in [9.17, 15) is 13.6 Å². The van der Waals surface area contributed by atoms with Crippen LogP contribution in [0.25, 0.3) is 0 Å². The Hall–Kier alpha value is -1.76. The van der Waals surface area contributed by atoms with Crippen molar-refractivity contribution in [2.45, 2.75) is 13.0 Å². The maximum Gasteiger partial charge on any atom is 0.356 e. The van der Waals surface area contributed by atoms with Crippen molar-refractivity contribution in [3.63, 3.8) is 0 Å². The lowest BCUT2D eigenvalue weighted by Gasteiger charge is -2.10. The Kier molecular flexibility index (Phi) is 3.73. The van der Waals surface area contributed by atoms with Crippen LogP contribution < -0.4 is 11.5 Å². The topological polar surface area (TPSA) is 91.2 Å². The van der Waals surface area contributed by atoms with E-state index in [2.05, 4.69) is 9.72 Å². The van der Waals surface area contributed by atoms with Crippen LogP contribution in [0, 0.1) is 0 Å². The van der Waals surface area contributed by atoms with Crippen molar-refractivity contribution in [3.8, 4) is 0 Å². The van der Waals surface area contributed by atoms with Crippen molar-refractivity contribution < 1.29 is 18.3 Å². The molecule has 5 nitrogen and oxygen atoms in total. The molecule has 0 aliphatic rings. The Balaban J connectivity index is 3.34. The van der Waals surface area contributed by atoms with Crippen LogP contribution in [0.4, 0.5) is 14.5 Å². The van der Waals surface area contributed by atoms with E-state index in [0.717, 1.165) is 7.11 Å². The van der Waals surface area contributed by atoms with Gasteiger partial charge in [0.05, 0.1) is 12.8 Å². The molecule has 1 aromatic rings. The van der Waals surface area contributed by atoms with Crippen molar-refractivity contribution in [1.29, 1.82) is 0 Å². The van der Waals surface area contributed by atoms with Gasteiger partial charge in [-0.2, -0.15) is 0 Å². The van der Waals surface area contributed by atoms with Gasteiger partial charge < -0.3 is 16.2 Å². The summed E-state index contributed by atoms with van der Waals surface area (Å²) >= 11 is 0. The minimum absolute atomic E-state index is 0.0575. The second-order valence-corrected chi connectivity index (χ2v) is 2.96.